The van der Waals surface area contributed by atoms with Crippen LogP contribution in [0.4, 0.5) is 0 Å². The van der Waals surface area contributed by atoms with Crippen LogP contribution in [0.15, 0.2) is 24.3 Å². The van der Waals surface area contributed by atoms with E-state index in [1.165, 1.54) is 109 Å². The number of nitrogens with one attached hydrogen (secondary N) is 1. The Bertz CT molecular complexity index is 981. The van der Waals surface area contributed by atoms with Crippen LogP contribution >= 0.6 is 0 Å². The first-order chi connectivity index (χ1) is 27.7. The van der Waals surface area contributed by atoms with Gasteiger partial charge in [-0.2, -0.15) is 0 Å². The van der Waals surface area contributed by atoms with Crippen LogP contribution in [-0.4, -0.2) is 110 Å². The highest BCUT2D eigenvalue weighted by Gasteiger charge is 2.44. The Balaban J connectivity index is 2.28. The third kappa shape index (κ3) is 26.4. The summed E-state index contributed by atoms with van der Waals surface area (Å²) < 4.78 is 11.0. The van der Waals surface area contributed by atoms with Gasteiger partial charge in [-0.3, -0.25) is 4.79 Å². The molecule has 1 rings (SSSR count). The van der Waals surface area contributed by atoms with Gasteiger partial charge < -0.3 is 50.5 Å². The molecule has 0 aliphatic carbocycles. The number of allylic oxidation sites excluding steroid dienone is 4. The number of ether oxygens (including phenoxy) is 2. The number of unbranched alkanes of at least 4 members (excludes halogenated alkanes) is 22. The SMILES string of the molecule is CCC/C=C/CCCC(O)C(O)C(COC1OC(CO)C(O)C(O)C1O)NC(=O)C(O)CCCCCCCCCC/C=C\CCCCCCCCCCCCCC. The van der Waals surface area contributed by atoms with Crippen molar-refractivity contribution in [3.63, 3.8) is 0 Å². The summed E-state index contributed by atoms with van der Waals surface area (Å²) >= 11 is 0. The van der Waals surface area contributed by atoms with E-state index in [0.717, 1.165) is 44.9 Å². The third-order valence-electron chi connectivity index (χ3n) is 11.2. The van der Waals surface area contributed by atoms with Crippen LogP contribution < -0.4 is 5.32 Å². The van der Waals surface area contributed by atoms with Gasteiger partial charge in [0.15, 0.2) is 6.29 Å². The van der Waals surface area contributed by atoms with Gasteiger partial charge in [-0.1, -0.05) is 160 Å². The summed E-state index contributed by atoms with van der Waals surface area (Å²) in [6, 6.07) is -1.18. The maximum Gasteiger partial charge on any atom is 0.249 e. The monoisotopic (exact) mass is 814 g/mol. The van der Waals surface area contributed by atoms with E-state index in [-0.39, 0.29) is 12.8 Å². The molecule has 0 aromatic rings. The number of aliphatic hydroxyl groups excluding tert-OH is 7. The Labute approximate surface area is 346 Å². The first-order valence-electron chi connectivity index (χ1n) is 23.2. The second-order valence-electron chi connectivity index (χ2n) is 16.5. The smallest absolute Gasteiger partial charge is 0.249 e. The molecule has 1 saturated heterocycles. The third-order valence-corrected chi connectivity index (χ3v) is 11.2. The number of carbonyl (C=O) groups excluding carboxylic acids is 1. The van der Waals surface area contributed by atoms with Crippen molar-refractivity contribution in [1.82, 2.24) is 5.32 Å². The molecule has 0 radical (unpaired) electrons. The normalized spacial score (nSPS) is 22.3. The van der Waals surface area contributed by atoms with Gasteiger partial charge in [-0.15, -0.1) is 0 Å². The fourth-order valence-corrected chi connectivity index (χ4v) is 7.32. The molecule has 0 bridgehead atoms. The van der Waals surface area contributed by atoms with Crippen LogP contribution in [0.5, 0.6) is 0 Å². The van der Waals surface area contributed by atoms with Crippen LogP contribution in [0.25, 0.3) is 0 Å². The van der Waals surface area contributed by atoms with Gasteiger partial charge in [-0.05, 0) is 57.8 Å². The predicted octanol–water partition coefficient (Wildman–Crippen LogP) is 7.45. The lowest BCUT2D eigenvalue weighted by Gasteiger charge is -2.40. The molecule has 336 valence electrons. The Hall–Kier alpha value is -1.41. The highest BCUT2D eigenvalue weighted by Crippen LogP contribution is 2.23. The largest absolute Gasteiger partial charge is 0.394 e. The lowest BCUT2D eigenvalue weighted by Crippen LogP contribution is -2.60. The topological polar surface area (TPSA) is 189 Å². The van der Waals surface area contributed by atoms with Crippen molar-refractivity contribution >= 4 is 5.91 Å². The van der Waals surface area contributed by atoms with Crippen LogP contribution in [0, 0.1) is 0 Å². The van der Waals surface area contributed by atoms with Gasteiger partial charge in [0, 0.05) is 0 Å². The predicted molar refractivity (Wildman–Crippen MR) is 229 cm³/mol. The van der Waals surface area contributed by atoms with Crippen molar-refractivity contribution in [3.8, 4) is 0 Å². The first-order valence-corrected chi connectivity index (χ1v) is 23.2. The van der Waals surface area contributed by atoms with Gasteiger partial charge in [-0.25, -0.2) is 0 Å². The van der Waals surface area contributed by atoms with Crippen molar-refractivity contribution in [2.45, 2.75) is 249 Å². The molecular formula is C46H87NO10. The molecule has 1 aliphatic heterocycles. The van der Waals surface area contributed by atoms with Crippen LogP contribution in [0.3, 0.4) is 0 Å². The number of hydrogen-bond acceptors (Lipinski definition) is 10. The minimum Gasteiger partial charge on any atom is -0.394 e. The van der Waals surface area contributed by atoms with E-state index in [2.05, 4.69) is 37.4 Å². The summed E-state index contributed by atoms with van der Waals surface area (Å²) in [6.45, 7) is 3.29. The highest BCUT2D eigenvalue weighted by molar-refractivity contribution is 5.80. The van der Waals surface area contributed by atoms with E-state index in [1.54, 1.807) is 0 Å². The van der Waals surface area contributed by atoms with E-state index >= 15 is 0 Å². The quantitative estimate of drug-likeness (QED) is 0.0230. The first kappa shape index (κ1) is 53.6. The average Bonchev–Trinajstić information content (AvgIpc) is 3.21. The number of amides is 1. The van der Waals surface area contributed by atoms with E-state index in [1.807, 2.05) is 6.08 Å². The fraction of sp³-hybridized carbons (Fsp3) is 0.891. The second kappa shape index (κ2) is 36.4. The fourth-order valence-electron chi connectivity index (χ4n) is 7.32. The summed E-state index contributed by atoms with van der Waals surface area (Å²) in [6.07, 6.45) is 28.7. The zero-order valence-corrected chi connectivity index (χ0v) is 36.1. The second-order valence-corrected chi connectivity index (χ2v) is 16.5. The summed E-state index contributed by atoms with van der Waals surface area (Å²) in [5, 5.41) is 75.1. The Morgan fingerprint density at radius 3 is 1.58 bits per heavy atom. The van der Waals surface area contributed by atoms with E-state index < -0.39 is 74.2 Å². The van der Waals surface area contributed by atoms with E-state index in [9.17, 15) is 40.5 Å². The van der Waals surface area contributed by atoms with Gasteiger partial charge in [0.05, 0.1) is 25.4 Å². The zero-order chi connectivity index (χ0) is 41.9. The number of rotatable bonds is 38. The lowest BCUT2D eigenvalue weighted by atomic mass is 9.98. The van der Waals surface area contributed by atoms with Crippen molar-refractivity contribution in [2.75, 3.05) is 13.2 Å². The zero-order valence-electron chi connectivity index (χ0n) is 36.1. The van der Waals surface area contributed by atoms with Crippen molar-refractivity contribution < 1.29 is 50.0 Å². The summed E-state index contributed by atoms with van der Waals surface area (Å²) in [5.74, 6) is -0.714. The average molecular weight is 814 g/mol. The number of carbonyl (C=O) groups is 1. The van der Waals surface area contributed by atoms with Crippen molar-refractivity contribution in [2.24, 2.45) is 0 Å². The molecule has 1 amide bonds. The summed E-state index contributed by atoms with van der Waals surface area (Å²) in [5.41, 5.74) is 0. The maximum absolute atomic E-state index is 13.0. The summed E-state index contributed by atoms with van der Waals surface area (Å²) in [4.78, 5) is 13.0. The van der Waals surface area contributed by atoms with Gasteiger partial charge in [0.2, 0.25) is 5.91 Å². The van der Waals surface area contributed by atoms with Crippen LogP contribution in [-0.2, 0) is 14.3 Å². The molecule has 8 N–H and O–H groups in total. The molecule has 9 atom stereocenters. The molecule has 0 aromatic carbocycles. The van der Waals surface area contributed by atoms with E-state index in [4.69, 9.17) is 9.47 Å². The molecule has 11 heteroatoms. The van der Waals surface area contributed by atoms with Crippen molar-refractivity contribution in [1.29, 1.82) is 0 Å². The molecule has 0 aromatic heterocycles. The van der Waals surface area contributed by atoms with Gasteiger partial charge in [0.1, 0.15) is 36.6 Å². The molecular weight excluding hydrogens is 727 g/mol. The van der Waals surface area contributed by atoms with Crippen LogP contribution in [0.2, 0.25) is 0 Å². The molecule has 0 spiro atoms. The summed E-state index contributed by atoms with van der Waals surface area (Å²) in [7, 11) is 0. The van der Waals surface area contributed by atoms with Crippen molar-refractivity contribution in [3.05, 3.63) is 24.3 Å². The molecule has 9 unspecified atom stereocenters. The maximum atomic E-state index is 13.0. The minimum absolute atomic E-state index is 0.250. The Morgan fingerprint density at radius 2 is 1.07 bits per heavy atom. The van der Waals surface area contributed by atoms with Crippen LogP contribution in [0.1, 0.15) is 194 Å². The molecule has 11 nitrogen and oxygen atoms in total. The van der Waals surface area contributed by atoms with Gasteiger partial charge in [0.25, 0.3) is 0 Å². The number of hydrogen-bond donors (Lipinski definition) is 8. The lowest BCUT2D eigenvalue weighted by molar-refractivity contribution is -0.303. The molecule has 1 aliphatic rings. The molecule has 1 fully saturated rings. The molecule has 1 heterocycles. The number of aliphatic hydroxyl groups is 7. The molecule has 0 saturated carbocycles. The highest BCUT2D eigenvalue weighted by atomic mass is 16.7. The minimum atomic E-state index is -1.66. The van der Waals surface area contributed by atoms with E-state index in [0.29, 0.717) is 12.8 Å². The standard InChI is InChI=1S/C46H87NO10/c1-3-5-7-9-11-12-13-14-15-16-17-18-19-20-21-22-23-24-25-26-27-28-30-32-34-39(50)45(55)47-37(41(51)38(49)33-31-29-10-8-6-4-2)36-56-46-44(54)43(53)42(52)40(35-48)57-46/h8,10,20-21,37-44,46,48-54H,3-7,9,11-19,22-36H2,1-2H3,(H,47,55)/b10-8+,21-20-. The Kier molecular flexibility index (Phi) is 34.3. The molecule has 57 heavy (non-hydrogen) atoms. The Morgan fingerprint density at radius 1 is 0.596 bits per heavy atom. The van der Waals surface area contributed by atoms with Gasteiger partial charge >= 0.3 is 0 Å².